The van der Waals surface area contributed by atoms with Gasteiger partial charge in [0.25, 0.3) is 5.91 Å². The first-order valence-electron chi connectivity index (χ1n) is 10.1. The maximum Gasteiger partial charge on any atom is 0.261 e. The standard InChI is InChI=1S/C23H26F2N2O3/c1-16(23(29)26-20-4-2-3-5-20)27(14-17-6-8-18(24)9-7-17)22(28)15-30-21-12-10-19(25)11-13-21/h6-13,16,20H,2-5,14-15H2,1H3,(H,26,29)/t16-/m0/s1. The van der Waals surface area contributed by atoms with Gasteiger partial charge >= 0.3 is 0 Å². The lowest BCUT2D eigenvalue weighted by atomic mass is 10.1. The van der Waals surface area contributed by atoms with Gasteiger partial charge < -0.3 is 15.0 Å². The van der Waals surface area contributed by atoms with Gasteiger partial charge in [-0.1, -0.05) is 25.0 Å². The molecule has 1 aliphatic carbocycles. The van der Waals surface area contributed by atoms with E-state index in [4.69, 9.17) is 4.74 Å². The molecule has 1 saturated carbocycles. The van der Waals surface area contributed by atoms with Gasteiger partial charge in [-0.3, -0.25) is 9.59 Å². The zero-order chi connectivity index (χ0) is 21.5. The fourth-order valence-electron chi connectivity index (χ4n) is 3.52. The number of halogens is 2. The van der Waals surface area contributed by atoms with Crippen LogP contribution >= 0.6 is 0 Å². The number of rotatable bonds is 8. The highest BCUT2D eigenvalue weighted by atomic mass is 19.1. The van der Waals surface area contributed by atoms with Crippen LogP contribution in [0.25, 0.3) is 0 Å². The molecule has 1 N–H and O–H groups in total. The number of nitrogens with one attached hydrogen (secondary N) is 1. The molecule has 160 valence electrons. The van der Waals surface area contributed by atoms with E-state index in [1.54, 1.807) is 19.1 Å². The Hall–Kier alpha value is -2.96. The molecule has 3 rings (SSSR count). The molecular weight excluding hydrogens is 390 g/mol. The highest BCUT2D eigenvalue weighted by Crippen LogP contribution is 2.19. The van der Waals surface area contributed by atoms with Crippen LogP contribution in [-0.4, -0.2) is 35.4 Å². The van der Waals surface area contributed by atoms with Gasteiger partial charge in [-0.25, -0.2) is 8.78 Å². The quantitative estimate of drug-likeness (QED) is 0.712. The van der Waals surface area contributed by atoms with Gasteiger partial charge in [-0.2, -0.15) is 0 Å². The lowest BCUT2D eigenvalue weighted by Gasteiger charge is -2.29. The van der Waals surface area contributed by atoms with Crippen LogP contribution in [0.4, 0.5) is 8.78 Å². The van der Waals surface area contributed by atoms with Crippen LogP contribution in [0.1, 0.15) is 38.2 Å². The molecule has 5 nitrogen and oxygen atoms in total. The van der Waals surface area contributed by atoms with Crippen molar-refractivity contribution in [3.63, 3.8) is 0 Å². The van der Waals surface area contributed by atoms with Crippen molar-refractivity contribution in [3.05, 3.63) is 65.7 Å². The summed E-state index contributed by atoms with van der Waals surface area (Å²) in [6, 6.07) is 10.6. The Bertz CT molecular complexity index is 850. The molecule has 0 aliphatic heterocycles. The van der Waals surface area contributed by atoms with E-state index >= 15 is 0 Å². The van der Waals surface area contributed by atoms with Crippen molar-refractivity contribution in [2.45, 2.75) is 51.2 Å². The van der Waals surface area contributed by atoms with Crippen molar-refractivity contribution in [3.8, 4) is 5.75 Å². The van der Waals surface area contributed by atoms with Crippen LogP contribution in [0.2, 0.25) is 0 Å². The molecule has 0 bridgehead atoms. The summed E-state index contributed by atoms with van der Waals surface area (Å²) in [4.78, 5) is 27.1. The van der Waals surface area contributed by atoms with Crippen molar-refractivity contribution in [2.24, 2.45) is 0 Å². The smallest absolute Gasteiger partial charge is 0.261 e. The third kappa shape index (κ3) is 6.02. The minimum Gasteiger partial charge on any atom is -0.484 e. The van der Waals surface area contributed by atoms with Gasteiger partial charge in [0.1, 0.15) is 23.4 Å². The normalized spacial score (nSPS) is 14.9. The molecule has 2 aromatic rings. The van der Waals surface area contributed by atoms with Crippen LogP contribution in [0.5, 0.6) is 5.75 Å². The summed E-state index contributed by atoms with van der Waals surface area (Å²) in [5, 5.41) is 3.01. The van der Waals surface area contributed by atoms with Gasteiger partial charge in [-0.05, 0) is 61.7 Å². The first-order valence-corrected chi connectivity index (χ1v) is 10.1. The van der Waals surface area contributed by atoms with Crippen molar-refractivity contribution >= 4 is 11.8 Å². The van der Waals surface area contributed by atoms with Gasteiger partial charge in [0.05, 0.1) is 0 Å². The number of nitrogens with zero attached hydrogens (tertiary/aromatic N) is 1. The zero-order valence-corrected chi connectivity index (χ0v) is 16.9. The molecule has 0 unspecified atom stereocenters. The highest BCUT2D eigenvalue weighted by Gasteiger charge is 2.28. The molecule has 2 amide bonds. The average Bonchev–Trinajstić information content (AvgIpc) is 3.25. The second-order valence-corrected chi connectivity index (χ2v) is 7.56. The third-order valence-electron chi connectivity index (χ3n) is 5.31. The van der Waals surface area contributed by atoms with E-state index in [1.807, 2.05) is 0 Å². The third-order valence-corrected chi connectivity index (χ3v) is 5.31. The molecule has 1 atom stereocenters. The zero-order valence-electron chi connectivity index (χ0n) is 16.9. The Morgan fingerprint density at radius 2 is 1.60 bits per heavy atom. The Morgan fingerprint density at radius 1 is 1.03 bits per heavy atom. The summed E-state index contributed by atoms with van der Waals surface area (Å²) >= 11 is 0. The Balaban J connectivity index is 1.69. The summed E-state index contributed by atoms with van der Waals surface area (Å²) in [7, 11) is 0. The van der Waals surface area contributed by atoms with E-state index in [2.05, 4.69) is 5.32 Å². The summed E-state index contributed by atoms with van der Waals surface area (Å²) in [6.07, 6.45) is 4.06. The monoisotopic (exact) mass is 416 g/mol. The maximum absolute atomic E-state index is 13.2. The van der Waals surface area contributed by atoms with Gasteiger partial charge in [0, 0.05) is 12.6 Å². The predicted octanol–water partition coefficient (Wildman–Crippen LogP) is 3.82. The lowest BCUT2D eigenvalue weighted by molar-refractivity contribution is -0.142. The second kappa shape index (κ2) is 10.2. The molecule has 0 radical (unpaired) electrons. The predicted molar refractivity (Wildman–Crippen MR) is 109 cm³/mol. The first-order chi connectivity index (χ1) is 14.4. The van der Waals surface area contributed by atoms with Crippen LogP contribution < -0.4 is 10.1 Å². The number of amides is 2. The average molecular weight is 416 g/mol. The lowest BCUT2D eigenvalue weighted by Crippen LogP contribution is -2.50. The van der Waals surface area contributed by atoms with Gasteiger partial charge in [-0.15, -0.1) is 0 Å². The summed E-state index contributed by atoms with van der Waals surface area (Å²) < 4.78 is 31.8. The number of benzene rings is 2. The number of hydrogen-bond donors (Lipinski definition) is 1. The molecule has 0 saturated heterocycles. The van der Waals surface area contributed by atoms with Crippen LogP contribution in [0.3, 0.4) is 0 Å². The van der Waals surface area contributed by atoms with E-state index in [1.165, 1.54) is 41.3 Å². The molecular formula is C23H26F2N2O3. The molecule has 1 aliphatic rings. The van der Waals surface area contributed by atoms with Crippen LogP contribution in [-0.2, 0) is 16.1 Å². The Kier molecular flexibility index (Phi) is 7.38. The second-order valence-electron chi connectivity index (χ2n) is 7.56. The molecule has 0 heterocycles. The first kappa shape index (κ1) is 21.7. The van der Waals surface area contributed by atoms with Crippen molar-refractivity contribution in [1.29, 1.82) is 0 Å². The fourth-order valence-corrected chi connectivity index (χ4v) is 3.52. The molecule has 2 aromatic carbocycles. The number of carbonyl (C=O) groups is 2. The topological polar surface area (TPSA) is 58.6 Å². The van der Waals surface area contributed by atoms with E-state index < -0.39 is 17.8 Å². The highest BCUT2D eigenvalue weighted by molar-refractivity contribution is 5.88. The largest absolute Gasteiger partial charge is 0.484 e. The molecule has 30 heavy (non-hydrogen) atoms. The molecule has 0 spiro atoms. The van der Waals surface area contributed by atoms with E-state index in [0.717, 1.165) is 25.7 Å². The minimum absolute atomic E-state index is 0.137. The molecule has 0 aromatic heterocycles. The van der Waals surface area contributed by atoms with E-state index in [-0.39, 0.29) is 30.9 Å². The molecule has 7 heteroatoms. The van der Waals surface area contributed by atoms with Crippen molar-refractivity contribution < 1.29 is 23.1 Å². The van der Waals surface area contributed by atoms with Gasteiger partial charge in [0.2, 0.25) is 5.91 Å². The van der Waals surface area contributed by atoms with Gasteiger partial charge in [0.15, 0.2) is 6.61 Å². The maximum atomic E-state index is 13.2. The number of hydrogen-bond acceptors (Lipinski definition) is 3. The number of carbonyl (C=O) groups excluding carboxylic acids is 2. The van der Waals surface area contributed by atoms with Crippen molar-refractivity contribution in [2.75, 3.05) is 6.61 Å². The van der Waals surface area contributed by atoms with Crippen molar-refractivity contribution in [1.82, 2.24) is 10.2 Å². The Morgan fingerprint density at radius 3 is 2.20 bits per heavy atom. The number of ether oxygens (including phenoxy) is 1. The van der Waals surface area contributed by atoms with E-state index in [9.17, 15) is 18.4 Å². The molecule has 1 fully saturated rings. The van der Waals surface area contributed by atoms with Crippen LogP contribution in [0, 0.1) is 11.6 Å². The summed E-state index contributed by atoms with van der Waals surface area (Å²) in [6.45, 7) is 1.52. The summed E-state index contributed by atoms with van der Waals surface area (Å²) in [5.74, 6) is -1.03. The fraction of sp³-hybridized carbons (Fsp3) is 0.391. The van der Waals surface area contributed by atoms with Crippen LogP contribution in [0.15, 0.2) is 48.5 Å². The SMILES string of the molecule is C[C@@H](C(=O)NC1CCCC1)N(Cc1ccc(F)cc1)C(=O)COc1ccc(F)cc1. The summed E-state index contributed by atoms with van der Waals surface area (Å²) in [5.41, 5.74) is 0.701. The van der Waals surface area contributed by atoms with E-state index in [0.29, 0.717) is 11.3 Å². The Labute approximate surface area is 175 Å². The minimum atomic E-state index is -0.722.